The van der Waals surface area contributed by atoms with Gasteiger partial charge in [-0.15, -0.1) is 10.2 Å². The van der Waals surface area contributed by atoms with Gasteiger partial charge in [0.2, 0.25) is 5.91 Å². The Morgan fingerprint density at radius 1 is 1.00 bits per heavy atom. The first-order chi connectivity index (χ1) is 15.2. The first-order valence-electron chi connectivity index (χ1n) is 9.48. The van der Waals surface area contributed by atoms with Crippen LogP contribution in [0.25, 0.3) is 17.1 Å². The topological polar surface area (TPSA) is 69.0 Å². The molecule has 0 saturated heterocycles. The van der Waals surface area contributed by atoms with Crippen molar-refractivity contribution >= 4 is 23.4 Å². The average molecular weight is 434 g/mol. The summed E-state index contributed by atoms with van der Waals surface area (Å²) >= 11 is 1.25. The Morgan fingerprint density at radius 3 is 2.45 bits per heavy atom. The van der Waals surface area contributed by atoms with E-state index in [1.807, 2.05) is 59.2 Å². The summed E-state index contributed by atoms with van der Waals surface area (Å²) in [5.74, 6) is 0.834. The number of hydrogen-bond acceptors (Lipinski definition) is 5. The largest absolute Gasteiger partial charge is 0.495 e. The highest BCUT2D eigenvalue weighted by Gasteiger charge is 2.19. The van der Waals surface area contributed by atoms with E-state index in [1.54, 1.807) is 7.11 Å². The zero-order valence-corrected chi connectivity index (χ0v) is 17.5. The van der Waals surface area contributed by atoms with Crippen molar-refractivity contribution in [3.05, 3.63) is 84.7 Å². The second kappa shape index (κ2) is 9.44. The van der Waals surface area contributed by atoms with E-state index in [2.05, 4.69) is 15.5 Å². The number of halogens is 1. The number of nitrogens with one attached hydrogen (secondary N) is 1. The van der Waals surface area contributed by atoms with Crippen LogP contribution in [0.3, 0.4) is 0 Å². The lowest BCUT2D eigenvalue weighted by Crippen LogP contribution is -2.14. The summed E-state index contributed by atoms with van der Waals surface area (Å²) in [6.45, 7) is 0. The molecule has 1 heterocycles. The molecule has 0 atom stereocenters. The molecule has 1 amide bonds. The second-order valence-electron chi connectivity index (χ2n) is 6.52. The molecule has 0 aliphatic rings. The van der Waals surface area contributed by atoms with Crippen LogP contribution in [-0.2, 0) is 4.79 Å². The molecule has 31 heavy (non-hydrogen) atoms. The van der Waals surface area contributed by atoms with E-state index >= 15 is 0 Å². The monoisotopic (exact) mass is 434 g/mol. The standard InChI is InChI=1S/C23H19FN4O2S/c1-30-20-10-6-5-9-19(20)28-22(16-7-3-2-4-8-16)26-27-23(28)31-15-21(29)25-18-13-11-17(24)12-14-18/h2-14H,15H2,1H3,(H,25,29). The van der Waals surface area contributed by atoms with Gasteiger partial charge in [0.05, 0.1) is 18.6 Å². The molecule has 6 nitrogen and oxygen atoms in total. The highest BCUT2D eigenvalue weighted by Crippen LogP contribution is 2.32. The Balaban J connectivity index is 1.62. The number of hydrogen-bond donors (Lipinski definition) is 1. The molecule has 8 heteroatoms. The summed E-state index contributed by atoms with van der Waals surface area (Å²) in [4.78, 5) is 12.4. The summed E-state index contributed by atoms with van der Waals surface area (Å²) in [5, 5.41) is 12.0. The van der Waals surface area contributed by atoms with Crippen LogP contribution in [0, 0.1) is 5.82 Å². The number of benzene rings is 3. The van der Waals surface area contributed by atoms with Crippen LogP contribution in [0.1, 0.15) is 0 Å². The number of aromatic nitrogens is 3. The number of amides is 1. The SMILES string of the molecule is COc1ccccc1-n1c(SCC(=O)Nc2ccc(F)cc2)nnc1-c1ccccc1. The lowest BCUT2D eigenvalue weighted by molar-refractivity contribution is -0.113. The highest BCUT2D eigenvalue weighted by molar-refractivity contribution is 7.99. The fourth-order valence-electron chi connectivity index (χ4n) is 3.03. The lowest BCUT2D eigenvalue weighted by atomic mass is 10.2. The summed E-state index contributed by atoms with van der Waals surface area (Å²) in [5.41, 5.74) is 2.20. The Bertz CT molecular complexity index is 1180. The van der Waals surface area contributed by atoms with Crippen molar-refractivity contribution in [3.63, 3.8) is 0 Å². The number of para-hydroxylation sites is 2. The quantitative estimate of drug-likeness (QED) is 0.423. The molecule has 4 rings (SSSR count). The number of rotatable bonds is 7. The van der Waals surface area contributed by atoms with Gasteiger partial charge in [-0.2, -0.15) is 0 Å². The molecule has 1 aromatic heterocycles. The van der Waals surface area contributed by atoms with Crippen molar-refractivity contribution in [2.75, 3.05) is 18.2 Å². The average Bonchev–Trinajstić information content (AvgIpc) is 3.23. The van der Waals surface area contributed by atoms with Crippen molar-refractivity contribution in [2.24, 2.45) is 0 Å². The summed E-state index contributed by atoms with van der Waals surface area (Å²) in [6, 6.07) is 22.9. The van der Waals surface area contributed by atoms with Gasteiger partial charge in [0, 0.05) is 11.3 Å². The smallest absolute Gasteiger partial charge is 0.234 e. The molecule has 0 saturated carbocycles. The minimum atomic E-state index is -0.356. The van der Waals surface area contributed by atoms with Gasteiger partial charge in [0.25, 0.3) is 0 Å². The molecular weight excluding hydrogens is 415 g/mol. The van der Waals surface area contributed by atoms with Crippen LogP contribution in [-0.4, -0.2) is 33.5 Å². The molecule has 4 aromatic rings. The normalized spacial score (nSPS) is 10.6. The van der Waals surface area contributed by atoms with E-state index in [9.17, 15) is 9.18 Å². The van der Waals surface area contributed by atoms with Gasteiger partial charge in [-0.05, 0) is 36.4 Å². The highest BCUT2D eigenvalue weighted by atomic mass is 32.2. The zero-order valence-electron chi connectivity index (χ0n) is 16.7. The number of nitrogens with zero attached hydrogens (tertiary/aromatic N) is 3. The van der Waals surface area contributed by atoms with Crippen molar-refractivity contribution in [2.45, 2.75) is 5.16 Å². The van der Waals surface area contributed by atoms with Gasteiger partial charge < -0.3 is 10.1 Å². The number of thioether (sulfide) groups is 1. The minimum Gasteiger partial charge on any atom is -0.495 e. The second-order valence-corrected chi connectivity index (χ2v) is 7.47. The number of methoxy groups -OCH3 is 1. The molecule has 0 fully saturated rings. The van der Waals surface area contributed by atoms with Crippen molar-refractivity contribution in [3.8, 4) is 22.8 Å². The van der Waals surface area contributed by atoms with Gasteiger partial charge in [-0.1, -0.05) is 54.2 Å². The Labute approximate surface area is 183 Å². The zero-order chi connectivity index (χ0) is 21.6. The molecule has 0 radical (unpaired) electrons. The van der Waals surface area contributed by atoms with Crippen LogP contribution in [0.5, 0.6) is 5.75 Å². The van der Waals surface area contributed by atoms with E-state index in [4.69, 9.17) is 4.74 Å². The maximum Gasteiger partial charge on any atom is 0.234 e. The van der Waals surface area contributed by atoms with Gasteiger partial charge in [-0.3, -0.25) is 9.36 Å². The van der Waals surface area contributed by atoms with Gasteiger partial charge in [0.15, 0.2) is 11.0 Å². The fourth-order valence-corrected chi connectivity index (χ4v) is 3.77. The predicted molar refractivity (Wildman–Crippen MR) is 119 cm³/mol. The molecule has 0 unspecified atom stereocenters. The van der Waals surface area contributed by atoms with Crippen LogP contribution in [0.15, 0.2) is 84.0 Å². The summed E-state index contributed by atoms with van der Waals surface area (Å²) in [7, 11) is 1.61. The van der Waals surface area contributed by atoms with Gasteiger partial charge in [-0.25, -0.2) is 4.39 Å². The van der Waals surface area contributed by atoms with Crippen LogP contribution >= 0.6 is 11.8 Å². The molecule has 156 valence electrons. The fraction of sp³-hybridized carbons (Fsp3) is 0.0870. The minimum absolute atomic E-state index is 0.111. The van der Waals surface area contributed by atoms with Gasteiger partial charge in [0.1, 0.15) is 11.6 Å². The molecule has 3 aromatic carbocycles. The van der Waals surface area contributed by atoms with Crippen molar-refractivity contribution in [1.82, 2.24) is 14.8 Å². The van der Waals surface area contributed by atoms with E-state index in [0.717, 1.165) is 11.3 Å². The summed E-state index contributed by atoms with van der Waals surface area (Å²) in [6.07, 6.45) is 0. The maximum atomic E-state index is 13.1. The van der Waals surface area contributed by atoms with Crippen LogP contribution in [0.2, 0.25) is 0 Å². The summed E-state index contributed by atoms with van der Waals surface area (Å²) < 4.78 is 20.5. The lowest BCUT2D eigenvalue weighted by Gasteiger charge is -2.14. The van der Waals surface area contributed by atoms with E-state index in [0.29, 0.717) is 22.4 Å². The Hall–Kier alpha value is -3.65. The number of anilines is 1. The van der Waals surface area contributed by atoms with Gasteiger partial charge >= 0.3 is 0 Å². The molecule has 1 N–H and O–H groups in total. The number of ether oxygens (including phenoxy) is 1. The van der Waals surface area contributed by atoms with E-state index in [1.165, 1.54) is 36.0 Å². The third-order valence-electron chi connectivity index (χ3n) is 4.45. The Kier molecular flexibility index (Phi) is 6.28. The van der Waals surface area contributed by atoms with E-state index < -0.39 is 0 Å². The van der Waals surface area contributed by atoms with Crippen molar-refractivity contribution in [1.29, 1.82) is 0 Å². The first-order valence-corrected chi connectivity index (χ1v) is 10.5. The Morgan fingerprint density at radius 2 is 1.71 bits per heavy atom. The molecular formula is C23H19FN4O2S. The molecule has 0 bridgehead atoms. The third kappa shape index (κ3) is 4.75. The van der Waals surface area contributed by atoms with Crippen LogP contribution < -0.4 is 10.1 Å². The molecule has 0 aliphatic carbocycles. The maximum absolute atomic E-state index is 13.1. The van der Waals surface area contributed by atoms with Crippen LogP contribution in [0.4, 0.5) is 10.1 Å². The first kappa shape index (κ1) is 20.6. The number of carbonyl (C=O) groups is 1. The number of carbonyl (C=O) groups excluding carboxylic acids is 1. The van der Waals surface area contributed by atoms with E-state index in [-0.39, 0.29) is 17.5 Å². The van der Waals surface area contributed by atoms with Crippen molar-refractivity contribution < 1.29 is 13.9 Å². The predicted octanol–water partition coefficient (Wildman–Crippen LogP) is 4.81. The molecule has 0 spiro atoms. The third-order valence-corrected chi connectivity index (χ3v) is 5.38. The molecule has 0 aliphatic heterocycles.